The summed E-state index contributed by atoms with van der Waals surface area (Å²) < 4.78 is 17.9. The number of benzene rings is 1. The van der Waals surface area contributed by atoms with Crippen LogP contribution in [0.5, 0.6) is 11.6 Å². The van der Waals surface area contributed by atoms with Gasteiger partial charge in [-0.1, -0.05) is 11.6 Å². The highest BCUT2D eigenvalue weighted by Gasteiger charge is 2.00. The second kappa shape index (κ2) is 8.57. The molecule has 5 nitrogen and oxygen atoms in total. The maximum atomic E-state index is 12.6. The van der Waals surface area contributed by atoms with Gasteiger partial charge in [0.05, 0.1) is 0 Å². The Morgan fingerprint density at radius 1 is 0.783 bits per heavy atom. The van der Waals surface area contributed by atoms with Gasteiger partial charge in [0, 0.05) is 18.5 Å². The Morgan fingerprint density at radius 3 is 1.91 bits per heavy atom. The molecule has 118 valence electrons. The van der Waals surface area contributed by atoms with Crippen molar-refractivity contribution >= 4 is 34.8 Å². The molecule has 0 saturated carbocycles. The molecule has 0 aliphatic carbocycles. The molecule has 0 spiro atoms. The minimum Gasteiger partial charge on any atom is -0.439 e. The van der Waals surface area contributed by atoms with E-state index in [0.29, 0.717) is 16.8 Å². The van der Waals surface area contributed by atoms with Gasteiger partial charge in [0.15, 0.2) is 0 Å². The van der Waals surface area contributed by atoms with Gasteiger partial charge in [0.2, 0.25) is 16.4 Å². The first kappa shape index (κ1) is 17.3. The number of rotatable bonds is 2. The summed E-state index contributed by atoms with van der Waals surface area (Å²) in [6.07, 6.45) is 2.98. The molecule has 3 aromatic rings. The van der Waals surface area contributed by atoms with Crippen molar-refractivity contribution in [3.8, 4) is 11.6 Å². The molecule has 0 radical (unpaired) electrons. The van der Waals surface area contributed by atoms with E-state index in [2.05, 4.69) is 19.9 Å². The van der Waals surface area contributed by atoms with Gasteiger partial charge in [-0.05, 0) is 53.5 Å². The Labute approximate surface area is 146 Å². The average Bonchev–Trinajstić information content (AvgIpc) is 2.50. The van der Waals surface area contributed by atoms with Crippen LogP contribution in [0.1, 0.15) is 0 Å². The van der Waals surface area contributed by atoms with E-state index in [4.69, 9.17) is 39.5 Å². The number of aromatic nitrogens is 4. The maximum absolute atomic E-state index is 12.6. The number of hydrogen-bond donors (Lipinski definition) is 0. The summed E-state index contributed by atoms with van der Waals surface area (Å²) in [5.74, 6) is 0.496. The van der Waals surface area contributed by atoms with Crippen LogP contribution in [0.3, 0.4) is 0 Å². The molecule has 9 heteroatoms. The first-order valence-corrected chi connectivity index (χ1v) is 7.22. The molecule has 0 aliphatic heterocycles. The molecule has 0 fully saturated rings. The van der Waals surface area contributed by atoms with Crippen molar-refractivity contribution in [3.63, 3.8) is 0 Å². The molecule has 0 unspecified atom stereocenters. The van der Waals surface area contributed by atoms with Crippen LogP contribution in [0.2, 0.25) is 15.7 Å². The molecule has 0 aliphatic rings. The standard InChI is InChI=1S/C10H6ClFN2O.C4H2Cl2N2/c11-10-13-6-5-9(14-10)15-8-3-1-7(12)2-4-8;5-3-1-2-7-4(6)8-3/h1-6H;1-2H. The van der Waals surface area contributed by atoms with Gasteiger partial charge in [0.25, 0.3) is 0 Å². The average molecular weight is 374 g/mol. The summed E-state index contributed by atoms with van der Waals surface area (Å²) >= 11 is 16.3. The van der Waals surface area contributed by atoms with Crippen molar-refractivity contribution in [3.05, 3.63) is 70.3 Å². The van der Waals surface area contributed by atoms with Crippen molar-refractivity contribution in [1.29, 1.82) is 0 Å². The highest BCUT2D eigenvalue weighted by Crippen LogP contribution is 2.19. The Morgan fingerprint density at radius 2 is 1.39 bits per heavy atom. The van der Waals surface area contributed by atoms with Crippen LogP contribution in [0.15, 0.2) is 48.8 Å². The lowest BCUT2D eigenvalue weighted by molar-refractivity contribution is 0.460. The van der Waals surface area contributed by atoms with Crippen LogP contribution in [-0.4, -0.2) is 19.9 Å². The van der Waals surface area contributed by atoms with E-state index < -0.39 is 0 Å². The molecular formula is C14H8Cl3FN4O. The molecule has 0 amide bonds. The summed E-state index contributed by atoms with van der Waals surface area (Å²) in [5.41, 5.74) is 0. The number of halogens is 4. The second-order valence-electron chi connectivity index (χ2n) is 3.87. The third-order valence-corrected chi connectivity index (χ3v) is 2.80. The van der Waals surface area contributed by atoms with E-state index in [1.807, 2.05) is 0 Å². The Bertz CT molecular complexity index is 757. The molecule has 0 atom stereocenters. The summed E-state index contributed by atoms with van der Waals surface area (Å²) in [7, 11) is 0. The summed E-state index contributed by atoms with van der Waals surface area (Å²) in [5, 5.41) is 0.650. The van der Waals surface area contributed by atoms with Crippen molar-refractivity contribution in [2.75, 3.05) is 0 Å². The monoisotopic (exact) mass is 372 g/mol. The predicted octanol–water partition coefficient (Wildman–Crippen LogP) is 4.84. The molecule has 0 bridgehead atoms. The van der Waals surface area contributed by atoms with Gasteiger partial charge in [0.1, 0.15) is 16.7 Å². The smallest absolute Gasteiger partial charge is 0.225 e. The zero-order valence-corrected chi connectivity index (χ0v) is 13.6. The Kier molecular flexibility index (Phi) is 6.46. The number of hydrogen-bond acceptors (Lipinski definition) is 5. The topological polar surface area (TPSA) is 60.8 Å². The lowest BCUT2D eigenvalue weighted by atomic mass is 10.3. The zero-order chi connectivity index (χ0) is 16.7. The van der Waals surface area contributed by atoms with Crippen LogP contribution in [0.25, 0.3) is 0 Å². The molecule has 1 aromatic carbocycles. The fraction of sp³-hybridized carbons (Fsp3) is 0. The number of nitrogens with zero attached hydrogens (tertiary/aromatic N) is 4. The van der Waals surface area contributed by atoms with E-state index in [-0.39, 0.29) is 16.4 Å². The van der Waals surface area contributed by atoms with Crippen molar-refractivity contribution < 1.29 is 9.13 Å². The third-order valence-electron chi connectivity index (χ3n) is 2.23. The van der Waals surface area contributed by atoms with Crippen LogP contribution in [0, 0.1) is 5.82 Å². The second-order valence-corrected chi connectivity index (χ2v) is 4.93. The fourth-order valence-corrected chi connectivity index (χ4v) is 1.78. The lowest BCUT2D eigenvalue weighted by Gasteiger charge is -2.03. The van der Waals surface area contributed by atoms with Gasteiger partial charge in [-0.25, -0.2) is 19.3 Å². The first-order valence-electron chi connectivity index (χ1n) is 6.09. The highest BCUT2D eigenvalue weighted by molar-refractivity contribution is 6.31. The molecule has 0 saturated heterocycles. The quantitative estimate of drug-likeness (QED) is 0.475. The largest absolute Gasteiger partial charge is 0.439 e. The van der Waals surface area contributed by atoms with Crippen LogP contribution < -0.4 is 4.74 Å². The first-order chi connectivity index (χ1) is 11.0. The molecule has 0 N–H and O–H groups in total. The maximum Gasteiger partial charge on any atom is 0.225 e. The predicted molar refractivity (Wildman–Crippen MR) is 85.6 cm³/mol. The SMILES string of the molecule is Clc1ccnc(Cl)n1.Fc1ccc(Oc2ccnc(Cl)n2)cc1. The van der Waals surface area contributed by atoms with Crippen LogP contribution in [0.4, 0.5) is 4.39 Å². The van der Waals surface area contributed by atoms with Crippen LogP contribution in [-0.2, 0) is 0 Å². The van der Waals surface area contributed by atoms with E-state index in [1.165, 1.54) is 36.7 Å². The van der Waals surface area contributed by atoms with Crippen molar-refractivity contribution in [2.45, 2.75) is 0 Å². The van der Waals surface area contributed by atoms with Gasteiger partial charge in [-0.2, -0.15) is 4.98 Å². The minimum absolute atomic E-state index is 0.106. The molecular weight excluding hydrogens is 366 g/mol. The van der Waals surface area contributed by atoms with Crippen LogP contribution >= 0.6 is 34.8 Å². The zero-order valence-electron chi connectivity index (χ0n) is 11.3. The Balaban J connectivity index is 0.000000203. The van der Waals surface area contributed by atoms with E-state index in [9.17, 15) is 4.39 Å². The summed E-state index contributed by atoms with van der Waals surface area (Å²) in [4.78, 5) is 14.7. The summed E-state index contributed by atoms with van der Waals surface area (Å²) in [6.45, 7) is 0. The highest BCUT2D eigenvalue weighted by atomic mass is 35.5. The summed E-state index contributed by atoms with van der Waals surface area (Å²) in [6, 6.07) is 8.75. The Hall–Kier alpha value is -2.02. The third kappa shape index (κ3) is 6.32. The van der Waals surface area contributed by atoms with E-state index in [1.54, 1.807) is 12.1 Å². The van der Waals surface area contributed by atoms with Crippen molar-refractivity contribution in [1.82, 2.24) is 19.9 Å². The van der Waals surface area contributed by atoms with Gasteiger partial charge < -0.3 is 4.74 Å². The normalized spacial score (nSPS) is 9.74. The van der Waals surface area contributed by atoms with Crippen molar-refractivity contribution in [2.24, 2.45) is 0 Å². The van der Waals surface area contributed by atoms with Gasteiger partial charge >= 0.3 is 0 Å². The van der Waals surface area contributed by atoms with E-state index in [0.717, 1.165) is 0 Å². The van der Waals surface area contributed by atoms with Gasteiger partial charge in [-0.3, -0.25) is 0 Å². The lowest BCUT2D eigenvalue weighted by Crippen LogP contribution is -1.89. The van der Waals surface area contributed by atoms with Gasteiger partial charge in [-0.15, -0.1) is 0 Å². The molecule has 2 aromatic heterocycles. The fourth-order valence-electron chi connectivity index (χ4n) is 1.31. The molecule has 23 heavy (non-hydrogen) atoms. The number of ether oxygens (including phenoxy) is 1. The van der Waals surface area contributed by atoms with E-state index >= 15 is 0 Å². The minimum atomic E-state index is -0.317. The molecule has 3 rings (SSSR count). The molecule has 2 heterocycles.